The molecule has 3 heteroatoms. The maximum absolute atomic E-state index is 12.8. The third-order valence-electron chi connectivity index (χ3n) is 4.24. The van der Waals surface area contributed by atoms with E-state index >= 15 is 0 Å². The summed E-state index contributed by atoms with van der Waals surface area (Å²) in [5.41, 5.74) is 1.35. The summed E-state index contributed by atoms with van der Waals surface area (Å²) in [6.07, 6.45) is 8.41. The van der Waals surface area contributed by atoms with Crippen molar-refractivity contribution in [2.75, 3.05) is 13.1 Å². The Labute approximate surface area is 116 Å². The molecule has 0 spiro atoms. The minimum Gasteiger partial charge on any atom is -0.292 e. The molecule has 0 amide bonds. The first-order valence-electron chi connectivity index (χ1n) is 7.24. The number of rotatable bonds is 3. The molecule has 1 fully saturated rings. The molecule has 104 valence electrons. The van der Waals surface area contributed by atoms with Crippen LogP contribution < -0.4 is 0 Å². The molecule has 1 aromatic heterocycles. The van der Waals surface area contributed by atoms with Gasteiger partial charge in [-0.2, -0.15) is 0 Å². The Morgan fingerprint density at radius 2 is 1.84 bits per heavy atom. The van der Waals surface area contributed by atoms with Gasteiger partial charge in [-0.3, -0.25) is 14.7 Å². The van der Waals surface area contributed by atoms with Gasteiger partial charge in [0.15, 0.2) is 5.78 Å². The Hall–Kier alpha value is -1.22. The van der Waals surface area contributed by atoms with Crippen LogP contribution >= 0.6 is 0 Å². The number of Topliss-reactive ketones (excluding diaryl/α,β-unsaturated/α-hetero) is 1. The number of hydrogen-bond acceptors (Lipinski definition) is 3. The first-order valence-corrected chi connectivity index (χ1v) is 7.24. The van der Waals surface area contributed by atoms with Crippen molar-refractivity contribution >= 4 is 5.78 Å². The number of hydrogen-bond donors (Lipinski definition) is 0. The van der Waals surface area contributed by atoms with Crippen molar-refractivity contribution in [3.05, 3.63) is 29.6 Å². The number of aryl methyl sites for hydroxylation is 1. The number of pyridine rings is 1. The lowest BCUT2D eigenvalue weighted by atomic mass is 9.90. The summed E-state index contributed by atoms with van der Waals surface area (Å²) in [4.78, 5) is 19.3. The molecule has 0 aromatic carbocycles. The molecular weight excluding hydrogens is 236 g/mol. The van der Waals surface area contributed by atoms with Gasteiger partial charge in [-0.15, -0.1) is 0 Å². The van der Waals surface area contributed by atoms with Gasteiger partial charge in [0.25, 0.3) is 0 Å². The third-order valence-corrected chi connectivity index (χ3v) is 4.24. The molecule has 19 heavy (non-hydrogen) atoms. The number of ketones is 1. The van der Waals surface area contributed by atoms with Gasteiger partial charge in [0, 0.05) is 18.0 Å². The summed E-state index contributed by atoms with van der Waals surface area (Å²) in [6.45, 7) is 8.13. The summed E-state index contributed by atoms with van der Waals surface area (Å²) in [5, 5.41) is 0. The van der Waals surface area contributed by atoms with Crippen LogP contribution in [0.25, 0.3) is 0 Å². The highest BCUT2D eigenvalue weighted by Gasteiger charge is 2.35. The van der Waals surface area contributed by atoms with Crippen molar-refractivity contribution in [2.24, 2.45) is 0 Å². The predicted molar refractivity (Wildman–Crippen MR) is 77.4 cm³/mol. The quantitative estimate of drug-likeness (QED) is 0.782. The van der Waals surface area contributed by atoms with E-state index in [1.54, 1.807) is 12.4 Å². The van der Waals surface area contributed by atoms with Crippen molar-refractivity contribution in [3.63, 3.8) is 0 Å². The van der Waals surface area contributed by atoms with Crippen molar-refractivity contribution < 1.29 is 4.79 Å². The third kappa shape index (κ3) is 3.03. The molecule has 2 heterocycles. The monoisotopic (exact) mass is 260 g/mol. The molecule has 1 saturated heterocycles. The second kappa shape index (κ2) is 5.83. The van der Waals surface area contributed by atoms with Gasteiger partial charge < -0.3 is 0 Å². The molecule has 0 saturated carbocycles. The topological polar surface area (TPSA) is 33.2 Å². The van der Waals surface area contributed by atoms with Crippen LogP contribution in [-0.2, 0) is 0 Å². The Kier molecular flexibility index (Phi) is 4.35. The molecule has 1 aromatic rings. The highest BCUT2D eigenvalue weighted by atomic mass is 16.1. The Bertz CT molecular complexity index is 446. The molecule has 0 aliphatic carbocycles. The molecule has 1 aliphatic rings. The zero-order chi connectivity index (χ0) is 13.9. The summed E-state index contributed by atoms with van der Waals surface area (Å²) in [7, 11) is 0. The first-order chi connectivity index (χ1) is 9.03. The summed E-state index contributed by atoms with van der Waals surface area (Å²) >= 11 is 0. The van der Waals surface area contributed by atoms with Gasteiger partial charge in [-0.05, 0) is 58.3 Å². The van der Waals surface area contributed by atoms with Crippen molar-refractivity contribution in [3.8, 4) is 0 Å². The number of carbonyl (C=O) groups is 1. The molecule has 0 N–H and O–H groups in total. The second-order valence-corrected chi connectivity index (χ2v) is 5.98. The van der Waals surface area contributed by atoms with E-state index < -0.39 is 5.54 Å². The summed E-state index contributed by atoms with van der Waals surface area (Å²) < 4.78 is 0. The van der Waals surface area contributed by atoms with Gasteiger partial charge in [0.1, 0.15) is 0 Å². The second-order valence-electron chi connectivity index (χ2n) is 5.98. The molecule has 0 atom stereocenters. The fourth-order valence-corrected chi connectivity index (χ4v) is 2.80. The molecule has 0 bridgehead atoms. The maximum atomic E-state index is 12.8. The minimum atomic E-state index is -0.432. The maximum Gasteiger partial charge on any atom is 0.184 e. The number of nitrogens with zero attached hydrogens (tertiary/aromatic N) is 2. The largest absolute Gasteiger partial charge is 0.292 e. The van der Waals surface area contributed by atoms with Crippen LogP contribution in [-0.4, -0.2) is 34.3 Å². The minimum absolute atomic E-state index is 0.194. The Morgan fingerprint density at radius 3 is 2.42 bits per heavy atom. The fraction of sp³-hybridized carbons (Fsp3) is 0.625. The highest BCUT2D eigenvalue weighted by Crippen LogP contribution is 2.25. The van der Waals surface area contributed by atoms with E-state index in [2.05, 4.69) is 9.88 Å². The van der Waals surface area contributed by atoms with Crippen LogP contribution in [0, 0.1) is 6.92 Å². The average Bonchev–Trinajstić information content (AvgIpc) is 2.67. The van der Waals surface area contributed by atoms with Crippen LogP contribution in [0.15, 0.2) is 18.5 Å². The van der Waals surface area contributed by atoms with E-state index in [9.17, 15) is 4.79 Å². The number of likely N-dealkylation sites (tertiary alicyclic amines) is 1. The Morgan fingerprint density at radius 1 is 1.21 bits per heavy atom. The van der Waals surface area contributed by atoms with Crippen LogP contribution in [0.5, 0.6) is 0 Å². The summed E-state index contributed by atoms with van der Waals surface area (Å²) in [5.74, 6) is 0.194. The van der Waals surface area contributed by atoms with E-state index in [-0.39, 0.29) is 5.78 Å². The van der Waals surface area contributed by atoms with Gasteiger partial charge >= 0.3 is 0 Å². The lowest BCUT2D eigenvalue weighted by molar-refractivity contribution is 0.0648. The van der Waals surface area contributed by atoms with E-state index in [4.69, 9.17) is 0 Å². The lowest BCUT2D eigenvalue weighted by Gasteiger charge is -2.36. The zero-order valence-corrected chi connectivity index (χ0v) is 12.3. The fourth-order valence-electron chi connectivity index (χ4n) is 2.80. The molecule has 1 aliphatic heterocycles. The van der Waals surface area contributed by atoms with Gasteiger partial charge in [-0.1, -0.05) is 12.8 Å². The summed E-state index contributed by atoms with van der Waals surface area (Å²) in [6, 6.07) is 1.91. The molecule has 3 nitrogen and oxygen atoms in total. The van der Waals surface area contributed by atoms with Gasteiger partial charge in [0.2, 0.25) is 0 Å². The molecular formula is C16H24N2O. The van der Waals surface area contributed by atoms with Crippen molar-refractivity contribution in [1.82, 2.24) is 9.88 Å². The molecule has 0 radical (unpaired) electrons. The van der Waals surface area contributed by atoms with Crippen LogP contribution in [0.2, 0.25) is 0 Å². The smallest absolute Gasteiger partial charge is 0.184 e. The molecule has 2 rings (SSSR count). The predicted octanol–water partition coefficient (Wildman–Crippen LogP) is 3.23. The number of aromatic nitrogens is 1. The van der Waals surface area contributed by atoms with Crippen LogP contribution in [0.3, 0.4) is 0 Å². The van der Waals surface area contributed by atoms with Crippen molar-refractivity contribution in [1.29, 1.82) is 0 Å². The van der Waals surface area contributed by atoms with E-state index in [1.807, 2.05) is 26.8 Å². The van der Waals surface area contributed by atoms with E-state index in [0.717, 1.165) is 24.2 Å². The highest BCUT2D eigenvalue weighted by molar-refractivity contribution is 6.03. The van der Waals surface area contributed by atoms with Crippen LogP contribution in [0.4, 0.5) is 0 Å². The molecule has 0 unspecified atom stereocenters. The van der Waals surface area contributed by atoms with Crippen molar-refractivity contribution in [2.45, 2.75) is 52.0 Å². The number of carbonyl (C=O) groups excluding carboxylic acids is 1. The first kappa shape index (κ1) is 14.2. The Balaban J connectivity index is 2.23. The average molecular weight is 260 g/mol. The lowest BCUT2D eigenvalue weighted by Crippen LogP contribution is -2.50. The standard InChI is InChI=1S/C16H24N2O/c1-13-8-9-17-12-14(13)15(19)16(2,3)18-10-6-4-5-7-11-18/h8-9,12H,4-7,10-11H2,1-3H3. The van der Waals surface area contributed by atoms with Gasteiger partial charge in [0.05, 0.1) is 5.54 Å². The van der Waals surface area contributed by atoms with Gasteiger partial charge in [-0.25, -0.2) is 0 Å². The van der Waals surface area contributed by atoms with E-state index in [0.29, 0.717) is 0 Å². The normalized spacial score (nSPS) is 18.1. The SMILES string of the molecule is Cc1ccncc1C(=O)C(C)(C)N1CCCCCC1. The zero-order valence-electron chi connectivity index (χ0n) is 12.3. The van der Waals surface area contributed by atoms with E-state index in [1.165, 1.54) is 25.7 Å². The van der Waals surface area contributed by atoms with Crippen LogP contribution in [0.1, 0.15) is 55.5 Å².